The summed E-state index contributed by atoms with van der Waals surface area (Å²) in [4.78, 5) is 7.53. The van der Waals surface area contributed by atoms with E-state index in [4.69, 9.17) is 19.8 Å². The Hall–Kier alpha value is -1.18. The van der Waals surface area contributed by atoms with Gasteiger partial charge in [-0.2, -0.15) is 0 Å². The van der Waals surface area contributed by atoms with Gasteiger partial charge in [-0.15, -0.1) is 0 Å². The Morgan fingerprint density at radius 3 is 1.92 bits per heavy atom. The molecule has 0 aliphatic carbocycles. The maximum atomic E-state index is 7.17. The van der Waals surface area contributed by atoms with Crippen molar-refractivity contribution in [2.24, 2.45) is 0 Å². The highest BCUT2D eigenvalue weighted by Gasteiger charge is 1.92. The third-order valence-electron chi connectivity index (χ3n) is 0.725. The molecule has 1 aromatic rings. The van der Waals surface area contributed by atoms with Crippen LogP contribution in [0.15, 0.2) is 18.5 Å². The summed E-state index contributed by atoms with van der Waals surface area (Å²) < 4.78 is 4.69. The number of aromatic nitrogens is 2. The Bertz CT molecular complexity index is 193. The minimum absolute atomic E-state index is 0.410. The second-order valence-electron chi connectivity index (χ2n) is 1.58. The van der Waals surface area contributed by atoms with E-state index in [0.29, 0.717) is 6.01 Å². The van der Waals surface area contributed by atoms with Crippen LogP contribution in [-0.2, 0) is 0 Å². The molecule has 0 amide bonds. The van der Waals surface area contributed by atoms with Gasteiger partial charge in [-0.05, 0) is 6.07 Å². The third kappa shape index (κ3) is 6.94. The molecule has 0 radical (unpaired) electrons. The highest BCUT2D eigenvalue weighted by molar-refractivity contribution is 6.30. The van der Waals surface area contributed by atoms with E-state index in [1.807, 2.05) is 0 Å². The van der Waals surface area contributed by atoms with Gasteiger partial charge in [0.05, 0.1) is 7.11 Å². The SMILES string of the molecule is COc1ncccn1.OB(O)O. The zero-order valence-corrected chi connectivity index (χ0v) is 6.45. The topological polar surface area (TPSA) is 95.7 Å². The molecule has 0 fully saturated rings. The Kier molecular flexibility index (Phi) is 5.89. The zero-order valence-electron chi connectivity index (χ0n) is 6.45. The second-order valence-corrected chi connectivity index (χ2v) is 1.58. The van der Waals surface area contributed by atoms with Crippen LogP contribution >= 0.6 is 0 Å². The van der Waals surface area contributed by atoms with Crippen molar-refractivity contribution in [1.29, 1.82) is 0 Å². The van der Waals surface area contributed by atoms with Crippen molar-refractivity contribution < 1.29 is 19.8 Å². The van der Waals surface area contributed by atoms with Gasteiger partial charge in [0.25, 0.3) is 0 Å². The summed E-state index contributed by atoms with van der Waals surface area (Å²) in [6.45, 7) is 0. The van der Waals surface area contributed by atoms with Crippen LogP contribution < -0.4 is 4.74 Å². The number of methoxy groups -OCH3 is 1. The maximum absolute atomic E-state index is 7.17. The predicted octanol–water partition coefficient (Wildman–Crippen LogP) is -1.57. The van der Waals surface area contributed by atoms with E-state index in [0.717, 1.165) is 0 Å². The highest BCUT2D eigenvalue weighted by Crippen LogP contribution is 1.92. The van der Waals surface area contributed by atoms with Crippen molar-refractivity contribution in [3.05, 3.63) is 18.5 Å². The van der Waals surface area contributed by atoms with E-state index in [1.165, 1.54) is 7.11 Å². The number of hydrogen-bond acceptors (Lipinski definition) is 6. The third-order valence-corrected chi connectivity index (χ3v) is 0.725. The summed E-state index contributed by atoms with van der Waals surface area (Å²) in [6.07, 6.45) is 3.26. The molecule has 7 heteroatoms. The second kappa shape index (κ2) is 6.53. The summed E-state index contributed by atoms with van der Waals surface area (Å²) in [5.41, 5.74) is 0. The normalized spacial score (nSPS) is 8.00. The first kappa shape index (κ1) is 10.8. The van der Waals surface area contributed by atoms with Gasteiger partial charge in [-0.25, -0.2) is 9.97 Å². The molecule has 12 heavy (non-hydrogen) atoms. The van der Waals surface area contributed by atoms with Gasteiger partial charge in [0.2, 0.25) is 0 Å². The minimum atomic E-state index is -2.17. The number of rotatable bonds is 1. The van der Waals surface area contributed by atoms with Crippen molar-refractivity contribution in [3.63, 3.8) is 0 Å². The number of ether oxygens (including phenoxy) is 1. The number of hydrogen-bond donors (Lipinski definition) is 3. The lowest BCUT2D eigenvalue weighted by atomic mass is 10.3. The summed E-state index contributed by atoms with van der Waals surface area (Å²) in [7, 11) is -0.630. The van der Waals surface area contributed by atoms with Crippen LogP contribution in [0.4, 0.5) is 0 Å². The quantitative estimate of drug-likeness (QED) is 0.443. The zero-order chi connectivity index (χ0) is 9.40. The lowest BCUT2D eigenvalue weighted by molar-refractivity contribution is 0.278. The Balaban J connectivity index is 0.000000261. The number of nitrogens with zero attached hydrogens (tertiary/aromatic N) is 2. The van der Waals surface area contributed by atoms with Gasteiger partial charge in [-0.3, -0.25) is 0 Å². The smallest absolute Gasteiger partial charge is 0.467 e. The van der Waals surface area contributed by atoms with Crippen molar-refractivity contribution in [1.82, 2.24) is 9.97 Å². The molecular formula is C5H9BN2O4. The van der Waals surface area contributed by atoms with Crippen LogP contribution in [0.3, 0.4) is 0 Å². The molecule has 0 unspecified atom stereocenters. The molecule has 0 spiro atoms. The fourth-order valence-corrected chi connectivity index (χ4v) is 0.391. The molecule has 3 N–H and O–H groups in total. The van der Waals surface area contributed by atoms with Crippen LogP contribution in [0.5, 0.6) is 6.01 Å². The Labute approximate surface area is 69.7 Å². The molecule has 1 rings (SSSR count). The molecule has 0 aliphatic heterocycles. The lowest BCUT2D eigenvalue weighted by Crippen LogP contribution is -2.07. The fraction of sp³-hybridized carbons (Fsp3) is 0.200. The van der Waals surface area contributed by atoms with Crippen LogP contribution in [0, 0.1) is 0 Å². The molecule has 1 heterocycles. The first-order chi connectivity index (χ1) is 5.66. The van der Waals surface area contributed by atoms with Crippen LogP contribution in [0.1, 0.15) is 0 Å². The summed E-state index contributed by atoms with van der Waals surface area (Å²) in [6, 6.07) is 2.15. The average molecular weight is 172 g/mol. The highest BCUT2D eigenvalue weighted by atomic mass is 16.5. The predicted molar refractivity (Wildman–Crippen MR) is 41.0 cm³/mol. The Morgan fingerprint density at radius 1 is 1.25 bits per heavy atom. The van der Waals surface area contributed by atoms with Gasteiger partial charge in [-0.1, -0.05) is 0 Å². The molecule has 0 saturated heterocycles. The minimum Gasteiger partial charge on any atom is -0.467 e. The molecule has 0 aliphatic rings. The maximum Gasteiger partial charge on any atom is 0.631 e. The van der Waals surface area contributed by atoms with Crippen molar-refractivity contribution in [3.8, 4) is 6.01 Å². The van der Waals surface area contributed by atoms with E-state index < -0.39 is 7.32 Å². The summed E-state index contributed by atoms with van der Waals surface area (Å²) in [5.74, 6) is 0. The van der Waals surface area contributed by atoms with Crippen LogP contribution in [-0.4, -0.2) is 39.5 Å². The van der Waals surface area contributed by atoms with Gasteiger partial charge < -0.3 is 19.8 Å². The van der Waals surface area contributed by atoms with Crippen LogP contribution in [0.25, 0.3) is 0 Å². The fourth-order valence-electron chi connectivity index (χ4n) is 0.391. The Morgan fingerprint density at radius 2 is 1.67 bits per heavy atom. The molecule has 6 nitrogen and oxygen atoms in total. The lowest BCUT2D eigenvalue weighted by Gasteiger charge is -1.90. The molecule has 0 aromatic carbocycles. The van der Waals surface area contributed by atoms with Gasteiger partial charge in [0.1, 0.15) is 0 Å². The standard InChI is InChI=1S/C5H6N2O.BH3O3/c1-8-5-6-3-2-4-7-5;2-1(3)4/h2-4H,1H3;2-4H. The average Bonchev–Trinajstić information content (AvgIpc) is 2.05. The first-order valence-electron chi connectivity index (χ1n) is 3.02. The molecule has 66 valence electrons. The van der Waals surface area contributed by atoms with E-state index in [2.05, 4.69) is 9.97 Å². The largest absolute Gasteiger partial charge is 0.631 e. The van der Waals surface area contributed by atoms with E-state index in [9.17, 15) is 0 Å². The first-order valence-corrected chi connectivity index (χ1v) is 3.02. The monoisotopic (exact) mass is 172 g/mol. The molecular weight excluding hydrogens is 163 g/mol. The van der Waals surface area contributed by atoms with Crippen molar-refractivity contribution >= 4 is 7.32 Å². The van der Waals surface area contributed by atoms with E-state index in [1.54, 1.807) is 18.5 Å². The van der Waals surface area contributed by atoms with Gasteiger partial charge >= 0.3 is 13.3 Å². The molecule has 0 atom stereocenters. The van der Waals surface area contributed by atoms with Crippen molar-refractivity contribution in [2.75, 3.05) is 7.11 Å². The molecule has 0 bridgehead atoms. The van der Waals surface area contributed by atoms with Gasteiger partial charge in [0.15, 0.2) is 0 Å². The van der Waals surface area contributed by atoms with E-state index in [-0.39, 0.29) is 0 Å². The summed E-state index contributed by atoms with van der Waals surface area (Å²) >= 11 is 0. The van der Waals surface area contributed by atoms with E-state index >= 15 is 0 Å². The molecule has 0 saturated carbocycles. The van der Waals surface area contributed by atoms with Crippen LogP contribution in [0.2, 0.25) is 0 Å². The van der Waals surface area contributed by atoms with Gasteiger partial charge in [0, 0.05) is 12.4 Å². The molecule has 1 aromatic heterocycles. The van der Waals surface area contributed by atoms with Crippen molar-refractivity contribution in [2.45, 2.75) is 0 Å². The summed E-state index contributed by atoms with van der Waals surface area (Å²) in [5, 5.41) is 21.5.